The number of amides is 1. The van der Waals surface area contributed by atoms with Crippen LogP contribution in [0.4, 0.5) is 4.39 Å². The second kappa shape index (κ2) is 10.1. The summed E-state index contributed by atoms with van der Waals surface area (Å²) in [4.78, 5) is 12.6. The molecule has 31 heavy (non-hydrogen) atoms. The number of nitrogens with one attached hydrogen (secondary N) is 1. The number of hydrogen-bond donors (Lipinski definition) is 1. The third-order valence-corrected chi connectivity index (χ3v) is 6.21. The first-order chi connectivity index (χ1) is 15.1. The summed E-state index contributed by atoms with van der Waals surface area (Å²) in [6, 6.07) is 16.2. The van der Waals surface area contributed by atoms with Crippen molar-refractivity contribution in [1.82, 2.24) is 20.1 Å². The lowest BCUT2D eigenvalue weighted by Crippen LogP contribution is -2.36. The average Bonchev–Trinajstić information content (AvgIpc) is 3.44. The van der Waals surface area contributed by atoms with Crippen LogP contribution in [0.2, 0.25) is 0 Å². The molecule has 2 heterocycles. The number of carbonyl (C=O) groups excluding carboxylic acids is 1. The van der Waals surface area contributed by atoms with E-state index < -0.39 is 0 Å². The highest BCUT2D eigenvalue weighted by molar-refractivity contribution is 8.00. The van der Waals surface area contributed by atoms with Gasteiger partial charge in [0.1, 0.15) is 11.6 Å². The fourth-order valence-electron chi connectivity index (χ4n) is 3.49. The molecule has 1 saturated heterocycles. The van der Waals surface area contributed by atoms with Crippen LogP contribution in [0.5, 0.6) is 0 Å². The molecule has 0 aliphatic carbocycles. The summed E-state index contributed by atoms with van der Waals surface area (Å²) in [6.45, 7) is 3.12. The Bertz CT molecular complexity index is 1000. The van der Waals surface area contributed by atoms with Gasteiger partial charge in [-0.15, -0.1) is 10.2 Å². The lowest BCUT2D eigenvalue weighted by Gasteiger charge is -2.15. The monoisotopic (exact) mass is 440 g/mol. The van der Waals surface area contributed by atoms with E-state index in [-0.39, 0.29) is 23.1 Å². The number of ether oxygens (including phenoxy) is 1. The maximum atomic E-state index is 13.5. The molecule has 1 N–H and O–H groups in total. The van der Waals surface area contributed by atoms with Gasteiger partial charge in [-0.3, -0.25) is 9.36 Å². The van der Waals surface area contributed by atoms with Gasteiger partial charge in [-0.25, -0.2) is 4.39 Å². The van der Waals surface area contributed by atoms with E-state index in [9.17, 15) is 9.18 Å². The molecule has 4 rings (SSSR count). The van der Waals surface area contributed by atoms with Gasteiger partial charge in [0.2, 0.25) is 5.91 Å². The molecule has 0 bridgehead atoms. The summed E-state index contributed by atoms with van der Waals surface area (Å²) >= 11 is 1.33. The van der Waals surface area contributed by atoms with Crippen molar-refractivity contribution >= 4 is 17.7 Å². The van der Waals surface area contributed by atoms with E-state index in [2.05, 4.69) is 15.5 Å². The van der Waals surface area contributed by atoms with Crippen LogP contribution in [0, 0.1) is 5.82 Å². The molecule has 2 atom stereocenters. The number of carbonyl (C=O) groups is 1. The van der Waals surface area contributed by atoms with Gasteiger partial charge in [0, 0.05) is 25.3 Å². The second-order valence-corrected chi connectivity index (χ2v) is 8.82. The van der Waals surface area contributed by atoms with Gasteiger partial charge in [0.25, 0.3) is 0 Å². The molecule has 1 aliphatic rings. The molecular formula is C23H25FN4O2S. The Morgan fingerprint density at radius 2 is 2.00 bits per heavy atom. The van der Waals surface area contributed by atoms with Crippen molar-refractivity contribution in [1.29, 1.82) is 0 Å². The minimum absolute atomic E-state index is 0.0706. The van der Waals surface area contributed by atoms with Crippen LogP contribution in [0.15, 0.2) is 59.8 Å². The number of rotatable bonds is 8. The quantitative estimate of drug-likeness (QED) is 0.540. The zero-order valence-electron chi connectivity index (χ0n) is 17.3. The zero-order valence-corrected chi connectivity index (χ0v) is 18.1. The van der Waals surface area contributed by atoms with Gasteiger partial charge in [-0.2, -0.15) is 0 Å². The molecule has 0 radical (unpaired) electrons. The van der Waals surface area contributed by atoms with Crippen molar-refractivity contribution in [2.24, 2.45) is 0 Å². The van der Waals surface area contributed by atoms with Crippen molar-refractivity contribution in [3.63, 3.8) is 0 Å². The van der Waals surface area contributed by atoms with E-state index in [1.54, 1.807) is 12.1 Å². The van der Waals surface area contributed by atoms with Crippen LogP contribution in [-0.4, -0.2) is 45.2 Å². The predicted octanol–water partition coefficient (Wildman–Crippen LogP) is 3.77. The van der Waals surface area contributed by atoms with Crippen LogP contribution in [0.1, 0.15) is 31.2 Å². The van der Waals surface area contributed by atoms with Gasteiger partial charge < -0.3 is 10.1 Å². The Morgan fingerprint density at radius 1 is 1.23 bits per heavy atom. The summed E-state index contributed by atoms with van der Waals surface area (Å²) < 4.78 is 21.0. The largest absolute Gasteiger partial charge is 0.376 e. The van der Waals surface area contributed by atoms with E-state index in [1.165, 1.54) is 23.9 Å². The van der Waals surface area contributed by atoms with E-state index in [0.29, 0.717) is 18.1 Å². The molecule has 3 aromatic rings. The molecule has 0 spiro atoms. The average molecular weight is 441 g/mol. The highest BCUT2D eigenvalue weighted by Gasteiger charge is 2.23. The van der Waals surface area contributed by atoms with Crippen molar-refractivity contribution in [3.05, 3.63) is 71.8 Å². The number of benzene rings is 2. The summed E-state index contributed by atoms with van der Waals surface area (Å²) in [6.07, 6.45) is 2.69. The molecular weight excluding hydrogens is 415 g/mol. The number of aromatic nitrogens is 3. The number of nitrogens with zero attached hydrogens (tertiary/aromatic N) is 3. The third kappa shape index (κ3) is 5.51. The first kappa shape index (κ1) is 21.5. The van der Waals surface area contributed by atoms with Gasteiger partial charge in [0.15, 0.2) is 5.16 Å². The summed E-state index contributed by atoms with van der Waals surface area (Å²) in [5.74, 6) is 0.351. The van der Waals surface area contributed by atoms with Crippen LogP contribution < -0.4 is 5.32 Å². The SMILES string of the molecule is C[C@@H](Sc1nnc(Cc2ccccc2)n1-c1ccc(F)cc1)C(=O)NC[C@H]1CCCO1. The van der Waals surface area contributed by atoms with Crippen molar-refractivity contribution < 1.29 is 13.9 Å². The highest BCUT2D eigenvalue weighted by atomic mass is 32.2. The normalized spacial score (nSPS) is 16.9. The van der Waals surface area contributed by atoms with E-state index >= 15 is 0 Å². The fraction of sp³-hybridized carbons (Fsp3) is 0.348. The zero-order chi connectivity index (χ0) is 21.6. The van der Waals surface area contributed by atoms with Crippen molar-refractivity contribution in [3.8, 4) is 5.69 Å². The maximum absolute atomic E-state index is 13.5. The third-order valence-electron chi connectivity index (χ3n) is 5.17. The molecule has 1 amide bonds. The minimum atomic E-state index is -0.366. The lowest BCUT2D eigenvalue weighted by molar-refractivity contribution is -0.120. The molecule has 0 saturated carbocycles. The first-order valence-corrected chi connectivity index (χ1v) is 11.3. The summed E-state index contributed by atoms with van der Waals surface area (Å²) in [7, 11) is 0. The second-order valence-electron chi connectivity index (χ2n) is 7.51. The molecule has 1 fully saturated rings. The Hall–Kier alpha value is -2.71. The first-order valence-electron chi connectivity index (χ1n) is 10.4. The van der Waals surface area contributed by atoms with Crippen molar-refractivity contribution in [2.75, 3.05) is 13.2 Å². The van der Waals surface area contributed by atoms with Gasteiger partial charge in [0.05, 0.1) is 11.4 Å². The summed E-state index contributed by atoms with van der Waals surface area (Å²) in [5.41, 5.74) is 1.85. The molecule has 8 heteroatoms. The van der Waals surface area contributed by atoms with Gasteiger partial charge in [-0.1, -0.05) is 42.1 Å². The van der Waals surface area contributed by atoms with Gasteiger partial charge >= 0.3 is 0 Å². The Kier molecular flexibility index (Phi) is 6.99. The topological polar surface area (TPSA) is 69.0 Å². The number of halogens is 1. The van der Waals surface area contributed by atoms with Crippen molar-refractivity contribution in [2.45, 2.75) is 42.7 Å². The number of thioether (sulfide) groups is 1. The van der Waals surface area contributed by atoms with Gasteiger partial charge in [-0.05, 0) is 49.6 Å². The smallest absolute Gasteiger partial charge is 0.233 e. The molecule has 1 aromatic heterocycles. The molecule has 162 valence electrons. The molecule has 6 nitrogen and oxygen atoms in total. The van der Waals surface area contributed by atoms with Crippen LogP contribution in [-0.2, 0) is 16.0 Å². The van der Waals surface area contributed by atoms with E-state index in [1.807, 2.05) is 41.8 Å². The van der Waals surface area contributed by atoms with Crippen LogP contribution in [0.3, 0.4) is 0 Å². The van der Waals surface area contributed by atoms with Crippen LogP contribution >= 0.6 is 11.8 Å². The highest BCUT2D eigenvalue weighted by Crippen LogP contribution is 2.27. The molecule has 0 unspecified atom stereocenters. The van der Waals surface area contributed by atoms with E-state index in [0.717, 1.165) is 36.5 Å². The Labute approximate surface area is 185 Å². The summed E-state index contributed by atoms with van der Waals surface area (Å²) in [5, 5.41) is 11.9. The predicted molar refractivity (Wildman–Crippen MR) is 118 cm³/mol. The standard InChI is InChI=1S/C23H25FN4O2S/c1-16(22(29)25-15-20-8-5-13-30-20)31-23-27-26-21(14-17-6-3-2-4-7-17)28(23)19-11-9-18(24)10-12-19/h2-4,6-7,9-12,16,20H,5,8,13-15H2,1H3,(H,25,29)/t16-,20-/m1/s1. The van der Waals surface area contributed by atoms with E-state index in [4.69, 9.17) is 4.74 Å². The van der Waals surface area contributed by atoms with Crippen LogP contribution in [0.25, 0.3) is 5.69 Å². The Morgan fingerprint density at radius 3 is 2.71 bits per heavy atom. The number of hydrogen-bond acceptors (Lipinski definition) is 5. The minimum Gasteiger partial charge on any atom is -0.376 e. The fourth-order valence-corrected chi connectivity index (χ4v) is 4.40. The lowest BCUT2D eigenvalue weighted by atomic mass is 10.1. The maximum Gasteiger partial charge on any atom is 0.233 e. The molecule has 1 aliphatic heterocycles. The Balaban J connectivity index is 1.53. The molecule has 2 aromatic carbocycles.